The van der Waals surface area contributed by atoms with Crippen LogP contribution in [0.25, 0.3) is 0 Å². The van der Waals surface area contributed by atoms with Crippen LogP contribution in [0.15, 0.2) is 48.5 Å². The van der Waals surface area contributed by atoms with E-state index < -0.39 is 17.9 Å². The minimum atomic E-state index is -0.770. The van der Waals surface area contributed by atoms with Crippen LogP contribution in [0.4, 0.5) is 10.1 Å². The molecule has 2 rings (SSSR count). The molecule has 0 aromatic heterocycles. The third kappa shape index (κ3) is 4.81. The number of anilines is 1. The second-order valence-corrected chi connectivity index (χ2v) is 5.16. The topological polar surface area (TPSA) is 67.4 Å². The van der Waals surface area contributed by atoms with Gasteiger partial charge >= 0.3 is 11.8 Å². The number of nitrogens with one attached hydrogen (secondary N) is 2. The first-order valence-corrected chi connectivity index (χ1v) is 7.59. The van der Waals surface area contributed by atoms with Crippen LogP contribution in [0.2, 0.25) is 0 Å². The Hall–Kier alpha value is -2.89. The number of halogens is 1. The number of ether oxygens (including phenoxy) is 1. The Labute approximate surface area is 139 Å². The first-order chi connectivity index (χ1) is 11.5. The predicted molar refractivity (Wildman–Crippen MR) is 89.2 cm³/mol. The average Bonchev–Trinajstić information content (AvgIpc) is 2.57. The number of amides is 2. The summed E-state index contributed by atoms with van der Waals surface area (Å²) >= 11 is 0. The Kier molecular flexibility index (Phi) is 5.89. The van der Waals surface area contributed by atoms with E-state index in [2.05, 4.69) is 10.6 Å². The number of hydrogen-bond acceptors (Lipinski definition) is 3. The summed E-state index contributed by atoms with van der Waals surface area (Å²) in [4.78, 5) is 23.9. The monoisotopic (exact) mass is 330 g/mol. The van der Waals surface area contributed by atoms with E-state index in [0.717, 1.165) is 0 Å². The predicted octanol–water partition coefficient (Wildman–Crippen LogP) is 3.04. The van der Waals surface area contributed by atoms with E-state index in [1.165, 1.54) is 12.1 Å². The molecule has 0 heterocycles. The van der Waals surface area contributed by atoms with E-state index in [0.29, 0.717) is 23.6 Å². The van der Waals surface area contributed by atoms with Gasteiger partial charge in [-0.15, -0.1) is 0 Å². The zero-order valence-corrected chi connectivity index (χ0v) is 13.5. The van der Waals surface area contributed by atoms with E-state index in [1.807, 2.05) is 6.92 Å². The van der Waals surface area contributed by atoms with Crippen LogP contribution in [0.3, 0.4) is 0 Å². The summed E-state index contributed by atoms with van der Waals surface area (Å²) in [5.41, 5.74) is 1.20. The lowest BCUT2D eigenvalue weighted by molar-refractivity contribution is -0.136. The molecule has 0 spiro atoms. The van der Waals surface area contributed by atoms with Gasteiger partial charge in [0.25, 0.3) is 0 Å². The van der Waals surface area contributed by atoms with Crippen molar-refractivity contribution in [1.29, 1.82) is 0 Å². The molecule has 1 atom stereocenters. The van der Waals surface area contributed by atoms with Crippen molar-refractivity contribution in [1.82, 2.24) is 5.32 Å². The molecule has 0 aliphatic heterocycles. The molecule has 24 heavy (non-hydrogen) atoms. The molecule has 0 saturated carbocycles. The van der Waals surface area contributed by atoms with Gasteiger partial charge in [-0.25, -0.2) is 4.39 Å². The van der Waals surface area contributed by atoms with Crippen molar-refractivity contribution in [2.75, 3.05) is 11.9 Å². The maximum atomic E-state index is 12.9. The second-order valence-electron chi connectivity index (χ2n) is 5.16. The number of carbonyl (C=O) groups is 2. The Morgan fingerprint density at radius 2 is 1.67 bits per heavy atom. The summed E-state index contributed by atoms with van der Waals surface area (Å²) in [5.74, 6) is -1.20. The van der Waals surface area contributed by atoms with E-state index >= 15 is 0 Å². The number of benzene rings is 2. The lowest BCUT2D eigenvalue weighted by Crippen LogP contribution is -2.36. The van der Waals surface area contributed by atoms with Crippen LogP contribution >= 0.6 is 0 Å². The molecule has 6 heteroatoms. The quantitative estimate of drug-likeness (QED) is 0.828. The summed E-state index contributed by atoms with van der Waals surface area (Å²) in [6.45, 7) is 4.15. The Bertz CT molecular complexity index is 699. The third-order valence-electron chi connectivity index (χ3n) is 3.35. The average molecular weight is 330 g/mol. The highest BCUT2D eigenvalue weighted by Gasteiger charge is 2.17. The maximum absolute atomic E-state index is 12.9. The van der Waals surface area contributed by atoms with Crippen molar-refractivity contribution in [3.8, 4) is 5.75 Å². The lowest BCUT2D eigenvalue weighted by Gasteiger charge is -2.14. The normalized spacial score (nSPS) is 11.5. The smallest absolute Gasteiger partial charge is 0.313 e. The van der Waals surface area contributed by atoms with Crippen LogP contribution in [0, 0.1) is 5.82 Å². The van der Waals surface area contributed by atoms with Gasteiger partial charge in [0.05, 0.1) is 12.6 Å². The van der Waals surface area contributed by atoms with E-state index in [1.54, 1.807) is 43.3 Å². The molecule has 0 saturated heterocycles. The number of rotatable bonds is 5. The third-order valence-corrected chi connectivity index (χ3v) is 3.35. The first-order valence-electron chi connectivity index (χ1n) is 7.59. The van der Waals surface area contributed by atoms with Crippen molar-refractivity contribution in [2.45, 2.75) is 19.9 Å². The highest BCUT2D eigenvalue weighted by molar-refractivity contribution is 6.39. The van der Waals surface area contributed by atoms with Crippen molar-refractivity contribution < 1.29 is 18.7 Å². The molecular weight excluding hydrogens is 311 g/mol. The molecule has 2 N–H and O–H groups in total. The van der Waals surface area contributed by atoms with E-state index in [9.17, 15) is 14.0 Å². The van der Waals surface area contributed by atoms with Crippen LogP contribution in [0.1, 0.15) is 25.5 Å². The van der Waals surface area contributed by atoms with Crippen molar-refractivity contribution in [2.24, 2.45) is 0 Å². The zero-order valence-electron chi connectivity index (χ0n) is 13.5. The SMILES string of the molecule is CCOc1ccc(NC(=O)C(=O)N[C@H](C)c2ccc(F)cc2)cc1. The summed E-state index contributed by atoms with van der Waals surface area (Å²) in [7, 11) is 0. The molecular formula is C18H19FN2O3. The van der Waals surface area contributed by atoms with Gasteiger partial charge in [-0.3, -0.25) is 9.59 Å². The van der Waals surface area contributed by atoms with Gasteiger partial charge in [-0.2, -0.15) is 0 Å². The minimum absolute atomic E-state index is 0.356. The largest absolute Gasteiger partial charge is 0.494 e. The fourth-order valence-corrected chi connectivity index (χ4v) is 2.09. The highest BCUT2D eigenvalue weighted by atomic mass is 19.1. The fraction of sp³-hybridized carbons (Fsp3) is 0.222. The van der Waals surface area contributed by atoms with E-state index in [-0.39, 0.29) is 5.82 Å². The van der Waals surface area contributed by atoms with Crippen LogP contribution < -0.4 is 15.4 Å². The van der Waals surface area contributed by atoms with Gasteiger partial charge < -0.3 is 15.4 Å². The first kappa shape index (κ1) is 17.5. The Balaban J connectivity index is 1.91. The molecule has 126 valence electrons. The van der Waals surface area contributed by atoms with Gasteiger partial charge in [0.1, 0.15) is 11.6 Å². The standard InChI is InChI=1S/C18H19FN2O3/c1-3-24-16-10-8-15(9-11-16)21-18(23)17(22)20-12(2)13-4-6-14(19)7-5-13/h4-12H,3H2,1-2H3,(H,20,22)(H,21,23)/t12-/m1/s1. The molecule has 0 aliphatic carbocycles. The van der Waals surface area contributed by atoms with Gasteiger partial charge in [-0.05, 0) is 55.8 Å². The summed E-state index contributed by atoms with van der Waals surface area (Å²) in [6.07, 6.45) is 0. The lowest BCUT2D eigenvalue weighted by atomic mass is 10.1. The molecule has 0 aliphatic rings. The van der Waals surface area contributed by atoms with Gasteiger partial charge in [0.2, 0.25) is 0 Å². The molecule has 5 nitrogen and oxygen atoms in total. The molecule has 0 bridgehead atoms. The zero-order chi connectivity index (χ0) is 17.5. The molecule has 2 amide bonds. The van der Waals surface area contributed by atoms with E-state index in [4.69, 9.17) is 4.74 Å². The van der Waals surface area contributed by atoms with Gasteiger partial charge in [0.15, 0.2) is 0 Å². The second kappa shape index (κ2) is 8.10. The van der Waals surface area contributed by atoms with Crippen molar-refractivity contribution >= 4 is 17.5 Å². The van der Waals surface area contributed by atoms with Crippen LogP contribution in [-0.2, 0) is 9.59 Å². The van der Waals surface area contributed by atoms with Crippen LogP contribution in [-0.4, -0.2) is 18.4 Å². The van der Waals surface area contributed by atoms with Crippen molar-refractivity contribution in [3.63, 3.8) is 0 Å². The van der Waals surface area contributed by atoms with Gasteiger partial charge in [-0.1, -0.05) is 12.1 Å². The van der Waals surface area contributed by atoms with Crippen LogP contribution in [0.5, 0.6) is 5.75 Å². The summed E-state index contributed by atoms with van der Waals surface area (Å²) in [5, 5.41) is 5.08. The molecule has 0 radical (unpaired) electrons. The summed E-state index contributed by atoms with van der Waals surface area (Å²) < 4.78 is 18.2. The summed E-state index contributed by atoms with van der Waals surface area (Å²) in [6, 6.07) is 12.0. The highest BCUT2D eigenvalue weighted by Crippen LogP contribution is 2.16. The Morgan fingerprint density at radius 1 is 1.04 bits per heavy atom. The molecule has 2 aromatic carbocycles. The number of carbonyl (C=O) groups excluding carboxylic acids is 2. The fourth-order valence-electron chi connectivity index (χ4n) is 2.09. The maximum Gasteiger partial charge on any atom is 0.313 e. The molecule has 0 fully saturated rings. The molecule has 0 unspecified atom stereocenters. The minimum Gasteiger partial charge on any atom is -0.494 e. The number of hydrogen-bond donors (Lipinski definition) is 2. The molecule has 2 aromatic rings. The van der Waals surface area contributed by atoms with Gasteiger partial charge in [0, 0.05) is 5.69 Å². The Morgan fingerprint density at radius 3 is 2.25 bits per heavy atom. The van der Waals surface area contributed by atoms with Crippen molar-refractivity contribution in [3.05, 3.63) is 59.9 Å².